The third-order valence-electron chi connectivity index (χ3n) is 2.27. The lowest BCUT2D eigenvalue weighted by atomic mass is 10.1. The second kappa shape index (κ2) is 3.25. The largest absolute Gasteiger partial charge is 0.384 e. The first-order chi connectivity index (χ1) is 6.57. The zero-order valence-corrected chi connectivity index (χ0v) is 8.41. The Morgan fingerprint density at radius 2 is 2.50 bits per heavy atom. The average molecular weight is 197 g/mol. The number of aromatic nitrogens is 2. The van der Waals surface area contributed by atoms with Gasteiger partial charge in [-0.25, -0.2) is 0 Å². The smallest absolute Gasteiger partial charge is 0.163 e. The van der Waals surface area contributed by atoms with Crippen LogP contribution in [0.1, 0.15) is 19.4 Å². The number of nitrogens with zero attached hydrogens (tertiary/aromatic N) is 1. The van der Waals surface area contributed by atoms with E-state index in [2.05, 4.69) is 10.2 Å². The van der Waals surface area contributed by atoms with Crippen LogP contribution >= 0.6 is 0 Å². The summed E-state index contributed by atoms with van der Waals surface area (Å²) in [6.45, 7) is 4.43. The summed E-state index contributed by atoms with van der Waals surface area (Å²) in [5.74, 6) is 0.140. The SMILES string of the molecule is CC1(C)OCC(Cc2cn[nH]c2N)O1. The fourth-order valence-corrected chi connectivity index (χ4v) is 1.59. The summed E-state index contributed by atoms with van der Waals surface area (Å²) in [5, 5.41) is 6.55. The van der Waals surface area contributed by atoms with Crippen LogP contribution in [0.3, 0.4) is 0 Å². The van der Waals surface area contributed by atoms with Gasteiger partial charge < -0.3 is 15.2 Å². The highest BCUT2D eigenvalue weighted by molar-refractivity contribution is 5.37. The summed E-state index contributed by atoms with van der Waals surface area (Å²) in [7, 11) is 0. The molecule has 1 aliphatic heterocycles. The van der Waals surface area contributed by atoms with Gasteiger partial charge in [-0.2, -0.15) is 5.10 Å². The maximum Gasteiger partial charge on any atom is 0.163 e. The first kappa shape index (κ1) is 9.48. The molecule has 0 aliphatic carbocycles. The molecule has 1 aliphatic rings. The zero-order valence-electron chi connectivity index (χ0n) is 8.41. The van der Waals surface area contributed by atoms with E-state index in [1.54, 1.807) is 6.20 Å². The Kier molecular flexibility index (Phi) is 2.20. The number of rotatable bonds is 2. The van der Waals surface area contributed by atoms with Crippen LogP contribution in [-0.2, 0) is 15.9 Å². The van der Waals surface area contributed by atoms with Crippen molar-refractivity contribution in [2.75, 3.05) is 12.3 Å². The standard InChI is InChI=1S/C9H15N3O2/c1-9(2)13-5-7(14-9)3-6-4-11-12-8(6)10/h4,7H,3,5H2,1-2H3,(H3,10,11,12). The molecule has 2 heterocycles. The molecule has 0 saturated carbocycles. The maximum atomic E-state index is 5.67. The Balaban J connectivity index is 1.97. The van der Waals surface area contributed by atoms with Crippen molar-refractivity contribution < 1.29 is 9.47 Å². The van der Waals surface area contributed by atoms with E-state index in [1.807, 2.05) is 13.8 Å². The number of H-pyrrole nitrogens is 1. The number of hydrogen-bond acceptors (Lipinski definition) is 4. The van der Waals surface area contributed by atoms with Gasteiger partial charge in [0.25, 0.3) is 0 Å². The van der Waals surface area contributed by atoms with Gasteiger partial charge in [0, 0.05) is 12.0 Å². The van der Waals surface area contributed by atoms with Crippen molar-refractivity contribution in [1.82, 2.24) is 10.2 Å². The van der Waals surface area contributed by atoms with Crippen LogP contribution in [0.4, 0.5) is 5.82 Å². The number of nitrogens with two attached hydrogens (primary N) is 1. The summed E-state index contributed by atoms with van der Waals surface area (Å²) in [5.41, 5.74) is 6.65. The van der Waals surface area contributed by atoms with Gasteiger partial charge in [0.2, 0.25) is 0 Å². The molecule has 0 radical (unpaired) electrons. The van der Waals surface area contributed by atoms with Crippen LogP contribution in [0.25, 0.3) is 0 Å². The van der Waals surface area contributed by atoms with Crippen LogP contribution < -0.4 is 5.73 Å². The third-order valence-corrected chi connectivity index (χ3v) is 2.27. The van der Waals surface area contributed by atoms with Crippen LogP contribution in [-0.4, -0.2) is 28.7 Å². The molecule has 1 unspecified atom stereocenters. The van der Waals surface area contributed by atoms with Crippen molar-refractivity contribution >= 4 is 5.82 Å². The molecule has 1 fully saturated rings. The zero-order chi connectivity index (χ0) is 10.2. The molecule has 1 saturated heterocycles. The van der Waals surface area contributed by atoms with E-state index < -0.39 is 5.79 Å². The molecule has 1 aromatic rings. The van der Waals surface area contributed by atoms with E-state index in [0.29, 0.717) is 12.4 Å². The van der Waals surface area contributed by atoms with E-state index >= 15 is 0 Å². The number of aromatic amines is 1. The van der Waals surface area contributed by atoms with Gasteiger partial charge in [-0.05, 0) is 13.8 Å². The normalized spacial score (nSPS) is 25.4. The molecule has 3 N–H and O–H groups in total. The van der Waals surface area contributed by atoms with Crippen molar-refractivity contribution in [3.8, 4) is 0 Å². The molecule has 5 nitrogen and oxygen atoms in total. The summed E-state index contributed by atoms with van der Waals surface area (Å²) >= 11 is 0. The van der Waals surface area contributed by atoms with E-state index in [4.69, 9.17) is 15.2 Å². The second-order valence-corrected chi connectivity index (χ2v) is 3.96. The molecule has 0 bridgehead atoms. The molecule has 78 valence electrons. The van der Waals surface area contributed by atoms with Gasteiger partial charge in [0.15, 0.2) is 5.79 Å². The first-order valence-corrected chi connectivity index (χ1v) is 4.66. The lowest BCUT2D eigenvalue weighted by molar-refractivity contribution is -0.138. The fourth-order valence-electron chi connectivity index (χ4n) is 1.59. The molecule has 5 heteroatoms. The molecule has 1 aromatic heterocycles. The molecule has 0 aromatic carbocycles. The van der Waals surface area contributed by atoms with Crippen molar-refractivity contribution in [3.63, 3.8) is 0 Å². The molecule has 2 rings (SSSR count). The third kappa shape index (κ3) is 1.88. The minimum absolute atomic E-state index is 0.0740. The molecule has 1 atom stereocenters. The van der Waals surface area contributed by atoms with E-state index in [1.165, 1.54) is 0 Å². The van der Waals surface area contributed by atoms with Gasteiger partial charge in [-0.15, -0.1) is 0 Å². The first-order valence-electron chi connectivity index (χ1n) is 4.66. The van der Waals surface area contributed by atoms with Crippen LogP contribution in [0.5, 0.6) is 0 Å². The minimum Gasteiger partial charge on any atom is -0.384 e. The summed E-state index contributed by atoms with van der Waals surface area (Å²) < 4.78 is 11.1. The Morgan fingerprint density at radius 3 is 3.00 bits per heavy atom. The summed E-state index contributed by atoms with van der Waals surface area (Å²) in [6.07, 6.45) is 2.54. The molecule has 0 spiro atoms. The second-order valence-electron chi connectivity index (χ2n) is 3.96. The van der Waals surface area contributed by atoms with E-state index in [9.17, 15) is 0 Å². The molecule has 0 amide bonds. The minimum atomic E-state index is -0.469. The van der Waals surface area contributed by atoms with Crippen LogP contribution in [0, 0.1) is 0 Å². The molecular weight excluding hydrogens is 182 g/mol. The number of nitrogen functional groups attached to an aromatic ring is 1. The Bertz CT molecular complexity index is 322. The highest BCUT2D eigenvalue weighted by atomic mass is 16.7. The predicted octanol–water partition coefficient (Wildman–Crippen LogP) is 0.686. The molecule has 14 heavy (non-hydrogen) atoms. The Morgan fingerprint density at radius 1 is 1.71 bits per heavy atom. The Labute approximate surface area is 82.6 Å². The predicted molar refractivity (Wildman–Crippen MR) is 51.6 cm³/mol. The van der Waals surface area contributed by atoms with Gasteiger partial charge >= 0.3 is 0 Å². The maximum absolute atomic E-state index is 5.67. The average Bonchev–Trinajstić information content (AvgIpc) is 2.61. The van der Waals surface area contributed by atoms with Crippen molar-refractivity contribution in [1.29, 1.82) is 0 Å². The number of anilines is 1. The fraction of sp³-hybridized carbons (Fsp3) is 0.667. The van der Waals surface area contributed by atoms with Crippen LogP contribution in [0.15, 0.2) is 6.20 Å². The highest BCUT2D eigenvalue weighted by Crippen LogP contribution is 2.25. The lowest BCUT2D eigenvalue weighted by Crippen LogP contribution is -2.22. The van der Waals surface area contributed by atoms with Crippen molar-refractivity contribution in [2.24, 2.45) is 0 Å². The van der Waals surface area contributed by atoms with Crippen molar-refractivity contribution in [3.05, 3.63) is 11.8 Å². The van der Waals surface area contributed by atoms with Gasteiger partial charge in [-0.1, -0.05) is 0 Å². The number of nitrogens with one attached hydrogen (secondary N) is 1. The Hall–Kier alpha value is -1.07. The van der Waals surface area contributed by atoms with Gasteiger partial charge in [0.05, 0.1) is 18.9 Å². The van der Waals surface area contributed by atoms with Gasteiger partial charge in [0.1, 0.15) is 5.82 Å². The summed E-state index contributed by atoms with van der Waals surface area (Å²) in [4.78, 5) is 0. The quantitative estimate of drug-likeness (QED) is 0.731. The number of hydrogen-bond donors (Lipinski definition) is 2. The summed E-state index contributed by atoms with van der Waals surface area (Å²) in [6, 6.07) is 0. The van der Waals surface area contributed by atoms with Gasteiger partial charge in [-0.3, -0.25) is 5.10 Å². The number of ether oxygens (including phenoxy) is 2. The lowest BCUT2D eigenvalue weighted by Gasteiger charge is -2.16. The van der Waals surface area contributed by atoms with E-state index in [0.717, 1.165) is 12.0 Å². The monoisotopic (exact) mass is 197 g/mol. The highest BCUT2D eigenvalue weighted by Gasteiger charge is 2.32. The molecular formula is C9H15N3O2. The van der Waals surface area contributed by atoms with E-state index in [-0.39, 0.29) is 6.10 Å². The van der Waals surface area contributed by atoms with Crippen LogP contribution in [0.2, 0.25) is 0 Å². The topological polar surface area (TPSA) is 73.2 Å². The van der Waals surface area contributed by atoms with Crippen molar-refractivity contribution in [2.45, 2.75) is 32.2 Å².